The van der Waals surface area contributed by atoms with Gasteiger partial charge in [-0.1, -0.05) is 80.2 Å². The van der Waals surface area contributed by atoms with Crippen LogP contribution in [0, 0.1) is 11.8 Å². The lowest BCUT2D eigenvalue weighted by molar-refractivity contribution is 0.267. The Bertz CT molecular complexity index is 113. The van der Waals surface area contributed by atoms with Crippen LogP contribution in [0.1, 0.15) is 87.0 Å². The summed E-state index contributed by atoms with van der Waals surface area (Å²) in [5.74, 6) is 1.80. The zero-order valence-electron chi connectivity index (χ0n) is 13.7. The largest absolute Gasteiger partial charge is 0.103 e. The molecule has 106 valence electrons. The van der Waals surface area contributed by atoms with E-state index in [1.165, 1.54) is 38.5 Å². The molecule has 0 aromatic heterocycles. The van der Waals surface area contributed by atoms with Crippen LogP contribution < -0.4 is 0 Å². The summed E-state index contributed by atoms with van der Waals surface area (Å²) in [5, 5.41) is 0. The van der Waals surface area contributed by atoms with E-state index in [2.05, 4.69) is 19.6 Å². The van der Waals surface area contributed by atoms with Gasteiger partial charge in [-0.3, -0.25) is 0 Å². The average molecular weight is 242 g/mol. The van der Waals surface area contributed by atoms with E-state index in [4.69, 9.17) is 0 Å². The van der Waals surface area contributed by atoms with Gasteiger partial charge in [0.05, 0.1) is 0 Å². The van der Waals surface area contributed by atoms with Crippen molar-refractivity contribution in [2.24, 2.45) is 11.8 Å². The van der Waals surface area contributed by atoms with Gasteiger partial charge in [0.2, 0.25) is 0 Å². The molecule has 0 nitrogen and oxygen atoms in total. The lowest BCUT2D eigenvalue weighted by Gasteiger charge is -2.28. The van der Waals surface area contributed by atoms with Gasteiger partial charge < -0.3 is 0 Å². The normalized spacial score (nSPS) is 21.6. The zero-order valence-corrected chi connectivity index (χ0v) is 13.7. The predicted molar refractivity (Wildman–Crippen MR) is 84.6 cm³/mol. The second-order valence-corrected chi connectivity index (χ2v) is 3.73. The Kier molecular flexibility index (Phi) is 27.2. The topological polar surface area (TPSA) is 0 Å². The molecule has 0 radical (unpaired) electrons. The van der Waals surface area contributed by atoms with Gasteiger partial charge in [0.15, 0.2) is 0 Å². The lowest BCUT2D eigenvalue weighted by Crippen LogP contribution is -2.16. The molecule has 17 heavy (non-hydrogen) atoms. The average Bonchev–Trinajstić information content (AvgIpc) is 2.46. The first-order valence-corrected chi connectivity index (χ1v) is 8.01. The molecule has 2 unspecified atom stereocenters. The lowest BCUT2D eigenvalue weighted by atomic mass is 9.77. The van der Waals surface area contributed by atoms with E-state index >= 15 is 0 Å². The van der Waals surface area contributed by atoms with Gasteiger partial charge in [0.1, 0.15) is 0 Å². The minimum Gasteiger partial charge on any atom is -0.103 e. The van der Waals surface area contributed by atoms with Crippen molar-refractivity contribution in [3.63, 3.8) is 0 Å². The summed E-state index contributed by atoms with van der Waals surface area (Å²) in [6, 6.07) is 0. The highest BCUT2D eigenvalue weighted by atomic mass is 14.3. The van der Waals surface area contributed by atoms with Crippen molar-refractivity contribution >= 4 is 0 Å². The molecule has 0 heteroatoms. The molecule has 0 aliphatic heterocycles. The SMILES string of the molecule is C=CC1CCCCC1CCC.CC.CC.CC. The van der Waals surface area contributed by atoms with E-state index in [-0.39, 0.29) is 0 Å². The molecule has 0 aromatic rings. The maximum absolute atomic E-state index is 3.92. The summed E-state index contributed by atoms with van der Waals surface area (Å²) < 4.78 is 0. The fourth-order valence-corrected chi connectivity index (χ4v) is 2.28. The van der Waals surface area contributed by atoms with Crippen molar-refractivity contribution in [1.82, 2.24) is 0 Å². The van der Waals surface area contributed by atoms with E-state index < -0.39 is 0 Å². The summed E-state index contributed by atoms with van der Waals surface area (Å²) in [6.07, 6.45) is 10.7. The van der Waals surface area contributed by atoms with Crippen LogP contribution >= 0.6 is 0 Å². The molecular weight excluding hydrogens is 204 g/mol. The highest BCUT2D eigenvalue weighted by Crippen LogP contribution is 2.33. The van der Waals surface area contributed by atoms with Gasteiger partial charge in [-0.2, -0.15) is 0 Å². The van der Waals surface area contributed by atoms with Gasteiger partial charge in [-0.25, -0.2) is 0 Å². The second-order valence-electron chi connectivity index (χ2n) is 3.73. The minimum atomic E-state index is 0.837. The van der Waals surface area contributed by atoms with Crippen LogP contribution in [0.5, 0.6) is 0 Å². The molecule has 2 atom stereocenters. The Morgan fingerprint density at radius 1 is 0.941 bits per heavy atom. The third kappa shape index (κ3) is 12.0. The molecule has 1 aliphatic carbocycles. The Balaban J connectivity index is -0.000000285. The van der Waals surface area contributed by atoms with Crippen LogP contribution in [0.4, 0.5) is 0 Å². The van der Waals surface area contributed by atoms with Crippen molar-refractivity contribution in [2.45, 2.75) is 87.0 Å². The van der Waals surface area contributed by atoms with E-state index in [0.717, 1.165) is 11.8 Å². The molecule has 1 rings (SSSR count). The first kappa shape index (κ1) is 22.0. The van der Waals surface area contributed by atoms with Crippen LogP contribution in [0.25, 0.3) is 0 Å². The van der Waals surface area contributed by atoms with Crippen LogP contribution in [0.3, 0.4) is 0 Å². The molecule has 0 N–H and O–H groups in total. The van der Waals surface area contributed by atoms with Crippen LogP contribution in [0.15, 0.2) is 12.7 Å². The number of allylic oxidation sites excluding steroid dienone is 1. The van der Waals surface area contributed by atoms with Crippen molar-refractivity contribution < 1.29 is 0 Å². The quantitative estimate of drug-likeness (QED) is 0.474. The molecule has 1 aliphatic rings. The first-order valence-electron chi connectivity index (χ1n) is 8.01. The second kappa shape index (κ2) is 21.1. The molecule has 0 spiro atoms. The Morgan fingerprint density at radius 3 is 1.82 bits per heavy atom. The molecule has 1 fully saturated rings. The monoisotopic (exact) mass is 242 g/mol. The fraction of sp³-hybridized carbons (Fsp3) is 0.882. The first-order chi connectivity index (χ1) is 8.38. The van der Waals surface area contributed by atoms with E-state index in [1.54, 1.807) is 0 Å². The standard InChI is InChI=1S/C11H20.3C2H6/c1-3-7-11-9-6-5-8-10(11)4-2;3*1-2/h4,10-11H,2-3,5-9H2,1H3;3*1-2H3. The Hall–Kier alpha value is -0.260. The highest BCUT2D eigenvalue weighted by Gasteiger charge is 2.20. The summed E-state index contributed by atoms with van der Waals surface area (Å²) in [4.78, 5) is 0. The minimum absolute atomic E-state index is 0.837. The van der Waals surface area contributed by atoms with Crippen molar-refractivity contribution in [1.29, 1.82) is 0 Å². The van der Waals surface area contributed by atoms with Crippen LogP contribution in [0.2, 0.25) is 0 Å². The van der Waals surface area contributed by atoms with Crippen molar-refractivity contribution in [2.75, 3.05) is 0 Å². The molecule has 0 bridgehead atoms. The Labute approximate surface area is 112 Å². The smallest absolute Gasteiger partial charge is 0.0208 e. The zero-order chi connectivity index (χ0) is 14.1. The number of rotatable bonds is 3. The maximum Gasteiger partial charge on any atom is -0.0208 e. The number of hydrogen-bond donors (Lipinski definition) is 0. The van der Waals surface area contributed by atoms with Crippen LogP contribution in [-0.2, 0) is 0 Å². The summed E-state index contributed by atoms with van der Waals surface area (Å²) >= 11 is 0. The van der Waals surface area contributed by atoms with Gasteiger partial charge in [0, 0.05) is 0 Å². The molecule has 0 aromatic carbocycles. The van der Waals surface area contributed by atoms with Gasteiger partial charge >= 0.3 is 0 Å². The molecule has 0 amide bonds. The van der Waals surface area contributed by atoms with Gasteiger partial charge in [0.25, 0.3) is 0 Å². The van der Waals surface area contributed by atoms with E-state index in [0.29, 0.717) is 0 Å². The predicted octanol–water partition coefficient (Wildman–Crippen LogP) is 6.86. The highest BCUT2D eigenvalue weighted by molar-refractivity contribution is 4.87. The molecule has 1 saturated carbocycles. The molecular formula is C17H38. The van der Waals surface area contributed by atoms with Crippen molar-refractivity contribution in [3.8, 4) is 0 Å². The summed E-state index contributed by atoms with van der Waals surface area (Å²) in [7, 11) is 0. The van der Waals surface area contributed by atoms with Crippen LogP contribution in [-0.4, -0.2) is 0 Å². The molecule has 0 saturated heterocycles. The van der Waals surface area contributed by atoms with E-state index in [9.17, 15) is 0 Å². The van der Waals surface area contributed by atoms with Crippen molar-refractivity contribution in [3.05, 3.63) is 12.7 Å². The maximum atomic E-state index is 3.92. The summed E-state index contributed by atoms with van der Waals surface area (Å²) in [6.45, 7) is 18.2. The third-order valence-corrected chi connectivity index (χ3v) is 2.93. The Morgan fingerprint density at radius 2 is 1.41 bits per heavy atom. The van der Waals surface area contributed by atoms with E-state index in [1.807, 2.05) is 41.5 Å². The third-order valence-electron chi connectivity index (χ3n) is 2.93. The number of hydrogen-bond acceptors (Lipinski definition) is 0. The molecule has 0 heterocycles. The fourth-order valence-electron chi connectivity index (χ4n) is 2.28. The summed E-state index contributed by atoms with van der Waals surface area (Å²) in [5.41, 5.74) is 0. The van der Waals surface area contributed by atoms with Gasteiger partial charge in [-0.15, -0.1) is 6.58 Å². The van der Waals surface area contributed by atoms with Gasteiger partial charge in [-0.05, 0) is 24.7 Å².